The summed E-state index contributed by atoms with van der Waals surface area (Å²) in [4.78, 5) is 21.6. The van der Waals surface area contributed by atoms with Crippen LogP contribution in [0.15, 0.2) is 17.8 Å². The van der Waals surface area contributed by atoms with Gasteiger partial charge in [0.2, 0.25) is 5.91 Å². The van der Waals surface area contributed by atoms with Crippen LogP contribution >= 0.6 is 45.3 Å². The van der Waals surface area contributed by atoms with Crippen molar-refractivity contribution in [3.63, 3.8) is 0 Å². The number of aromatic nitrogens is 2. The Morgan fingerprint density at radius 1 is 1.27 bits per heavy atom. The fourth-order valence-electron chi connectivity index (χ4n) is 2.77. The van der Waals surface area contributed by atoms with Gasteiger partial charge >= 0.3 is 0 Å². The van der Waals surface area contributed by atoms with E-state index < -0.39 is 0 Å². The lowest BCUT2D eigenvalue weighted by atomic mass is 9.81. The summed E-state index contributed by atoms with van der Waals surface area (Å²) in [5.74, 6) is 1.37. The van der Waals surface area contributed by atoms with Gasteiger partial charge in [0, 0.05) is 5.92 Å². The van der Waals surface area contributed by atoms with E-state index in [9.17, 15) is 4.79 Å². The minimum absolute atomic E-state index is 0. The molecule has 0 unspecified atom stereocenters. The van der Waals surface area contributed by atoms with E-state index in [1.54, 1.807) is 11.3 Å². The Morgan fingerprint density at radius 3 is 2.68 bits per heavy atom. The van der Waals surface area contributed by atoms with Crippen molar-refractivity contribution in [3.05, 3.63) is 17.8 Å². The van der Waals surface area contributed by atoms with E-state index in [2.05, 4.69) is 15.3 Å². The summed E-state index contributed by atoms with van der Waals surface area (Å²) in [5, 5.41) is 5.84. The Bertz CT molecular complexity index is 614. The molecule has 2 heterocycles. The number of halogens is 2. The molecule has 0 saturated heterocycles. The van der Waals surface area contributed by atoms with Crippen molar-refractivity contribution >= 4 is 67.2 Å². The third-order valence-electron chi connectivity index (χ3n) is 4.05. The number of carbonyl (C=O) groups excluding carboxylic acids is 1. The number of nitrogens with two attached hydrogens (primary N) is 1. The first-order valence-electron chi connectivity index (χ1n) is 6.97. The number of nitrogens with zero attached hydrogens (tertiary/aromatic N) is 2. The van der Waals surface area contributed by atoms with Crippen LogP contribution in [-0.4, -0.2) is 22.4 Å². The first kappa shape index (κ1) is 19.5. The number of thiophene rings is 1. The number of amides is 1. The van der Waals surface area contributed by atoms with E-state index in [1.807, 2.05) is 11.4 Å². The molecule has 3 rings (SSSR count). The summed E-state index contributed by atoms with van der Waals surface area (Å²) >= 11 is 1.55. The lowest BCUT2D eigenvalue weighted by Crippen LogP contribution is -2.29. The van der Waals surface area contributed by atoms with Crippen LogP contribution in [0.5, 0.6) is 0 Å². The Morgan fingerprint density at radius 2 is 2.00 bits per heavy atom. The normalized spacial score (nSPS) is 20.8. The minimum atomic E-state index is 0. The molecule has 1 amide bonds. The van der Waals surface area contributed by atoms with Gasteiger partial charge in [-0.05, 0) is 49.6 Å². The number of anilines is 1. The smallest absolute Gasteiger partial charge is 0.228 e. The molecule has 2 aromatic rings. The van der Waals surface area contributed by atoms with Gasteiger partial charge in [-0.2, -0.15) is 0 Å². The third-order valence-corrected chi connectivity index (χ3v) is 4.87. The number of hydrogen-bond donors (Lipinski definition) is 2. The Hall–Kier alpha value is -0.570. The summed E-state index contributed by atoms with van der Waals surface area (Å²) < 4.78 is 0. The zero-order valence-corrected chi connectivity index (χ0v) is 16.3. The van der Waals surface area contributed by atoms with Gasteiger partial charge < -0.3 is 11.1 Å². The molecule has 1 aliphatic rings. The van der Waals surface area contributed by atoms with Crippen LogP contribution in [0.4, 0.5) is 5.82 Å². The van der Waals surface area contributed by atoms with Crippen LogP contribution in [-0.2, 0) is 4.79 Å². The maximum absolute atomic E-state index is 12.3. The summed E-state index contributed by atoms with van der Waals surface area (Å²) in [5.41, 5.74) is 5.68. The summed E-state index contributed by atoms with van der Waals surface area (Å²) in [6.45, 7) is 0.732. The molecule has 0 aliphatic heterocycles. The van der Waals surface area contributed by atoms with Crippen molar-refractivity contribution in [2.45, 2.75) is 25.7 Å². The molecule has 0 atom stereocenters. The zero-order valence-electron chi connectivity index (χ0n) is 12.0. The van der Waals surface area contributed by atoms with Crippen LogP contribution in [0.2, 0.25) is 0 Å². The van der Waals surface area contributed by atoms with Crippen molar-refractivity contribution in [2.75, 3.05) is 11.9 Å². The largest absolute Gasteiger partial charge is 0.330 e. The van der Waals surface area contributed by atoms with Gasteiger partial charge in [-0.1, -0.05) is 0 Å². The van der Waals surface area contributed by atoms with Gasteiger partial charge in [0.05, 0.1) is 5.39 Å². The fourth-order valence-corrected chi connectivity index (χ4v) is 3.50. The second-order valence-electron chi connectivity index (χ2n) is 5.30. The maximum atomic E-state index is 12.3. The maximum Gasteiger partial charge on any atom is 0.228 e. The predicted molar refractivity (Wildman–Crippen MR) is 101 cm³/mol. The van der Waals surface area contributed by atoms with E-state index in [0.717, 1.165) is 42.4 Å². The van der Waals surface area contributed by atoms with Crippen LogP contribution in [0.3, 0.4) is 0 Å². The topological polar surface area (TPSA) is 80.9 Å². The summed E-state index contributed by atoms with van der Waals surface area (Å²) in [7, 11) is 0. The van der Waals surface area contributed by atoms with Gasteiger partial charge in [-0.3, -0.25) is 4.79 Å². The van der Waals surface area contributed by atoms with Gasteiger partial charge in [-0.25, -0.2) is 9.97 Å². The molecule has 1 saturated carbocycles. The van der Waals surface area contributed by atoms with Crippen molar-refractivity contribution < 1.29 is 4.79 Å². The fraction of sp³-hybridized carbons (Fsp3) is 0.500. The van der Waals surface area contributed by atoms with Crippen molar-refractivity contribution in [3.8, 4) is 0 Å². The molecule has 3 N–H and O–H groups in total. The van der Waals surface area contributed by atoms with Crippen LogP contribution in [0, 0.1) is 11.8 Å². The van der Waals surface area contributed by atoms with E-state index in [1.165, 1.54) is 6.33 Å². The predicted octanol–water partition coefficient (Wildman–Crippen LogP) is 3.55. The van der Waals surface area contributed by atoms with Crippen LogP contribution < -0.4 is 11.1 Å². The van der Waals surface area contributed by atoms with Gasteiger partial charge in [-0.15, -0.1) is 45.3 Å². The highest BCUT2D eigenvalue weighted by Crippen LogP contribution is 2.30. The van der Waals surface area contributed by atoms with E-state index >= 15 is 0 Å². The molecule has 22 heavy (non-hydrogen) atoms. The quantitative estimate of drug-likeness (QED) is 0.747. The second-order valence-corrected chi connectivity index (χ2v) is 6.20. The Labute approximate surface area is 154 Å². The minimum Gasteiger partial charge on any atom is -0.330 e. The summed E-state index contributed by atoms with van der Waals surface area (Å²) in [6.07, 6.45) is 5.44. The van der Waals surface area contributed by atoms with Gasteiger partial charge in [0.1, 0.15) is 17.0 Å². The van der Waals surface area contributed by atoms with E-state index in [0.29, 0.717) is 11.7 Å². The molecule has 0 aromatic carbocycles. The SMILES string of the molecule is Br.Br.NCC1CCC(C(=O)Nc2ncnc3sccc23)CC1. The van der Waals surface area contributed by atoms with Gasteiger partial charge in [0.25, 0.3) is 0 Å². The molecule has 122 valence electrons. The Kier molecular flexibility index (Phi) is 7.88. The highest BCUT2D eigenvalue weighted by molar-refractivity contribution is 8.93. The highest BCUT2D eigenvalue weighted by Gasteiger charge is 2.26. The van der Waals surface area contributed by atoms with Crippen LogP contribution in [0.1, 0.15) is 25.7 Å². The molecule has 1 fully saturated rings. The van der Waals surface area contributed by atoms with Crippen molar-refractivity contribution in [2.24, 2.45) is 17.6 Å². The molecule has 0 spiro atoms. The zero-order chi connectivity index (χ0) is 13.9. The van der Waals surface area contributed by atoms with Gasteiger partial charge in [0.15, 0.2) is 0 Å². The highest BCUT2D eigenvalue weighted by atomic mass is 79.9. The van der Waals surface area contributed by atoms with Crippen molar-refractivity contribution in [1.29, 1.82) is 0 Å². The van der Waals surface area contributed by atoms with Crippen molar-refractivity contribution in [1.82, 2.24) is 9.97 Å². The monoisotopic (exact) mass is 450 g/mol. The lowest BCUT2D eigenvalue weighted by Gasteiger charge is -2.26. The molecule has 8 heteroatoms. The molecule has 0 bridgehead atoms. The van der Waals surface area contributed by atoms with E-state index in [4.69, 9.17) is 5.73 Å². The van der Waals surface area contributed by atoms with E-state index in [-0.39, 0.29) is 45.8 Å². The van der Waals surface area contributed by atoms with Crippen LogP contribution in [0.25, 0.3) is 10.2 Å². The number of carbonyl (C=O) groups is 1. The standard InChI is InChI=1S/C14H18N4OS.2BrH/c15-7-9-1-3-10(4-2-9)13(19)18-12-11-5-6-20-14(11)17-8-16-12;;/h5-6,8-10H,1-4,7,15H2,(H,16,17,18,19);2*1H. The molecule has 2 aromatic heterocycles. The first-order chi connectivity index (χ1) is 9.78. The lowest BCUT2D eigenvalue weighted by molar-refractivity contribution is -0.121. The molecular weight excluding hydrogens is 432 g/mol. The third kappa shape index (κ3) is 4.24. The second kappa shape index (κ2) is 8.90. The number of nitrogens with one attached hydrogen (secondary N) is 1. The molecule has 5 nitrogen and oxygen atoms in total. The number of hydrogen-bond acceptors (Lipinski definition) is 5. The number of rotatable bonds is 3. The number of fused-ring (bicyclic) bond motifs is 1. The Balaban J connectivity index is 0.00000121. The summed E-state index contributed by atoms with van der Waals surface area (Å²) in [6, 6.07) is 1.95. The first-order valence-corrected chi connectivity index (χ1v) is 7.85. The average molecular weight is 452 g/mol. The molecule has 0 radical (unpaired) electrons. The molecule has 1 aliphatic carbocycles. The molecular formula is C14H20Br2N4OS. The average Bonchev–Trinajstić information content (AvgIpc) is 2.97.